The van der Waals surface area contributed by atoms with E-state index in [1.807, 2.05) is 0 Å². The summed E-state index contributed by atoms with van der Waals surface area (Å²) in [4.78, 5) is 11.5. The third kappa shape index (κ3) is 3.26. The standard InChI is InChI=1S/C16H21FN2O3S/c1-11-6-13(17)9-14(7-11)23(21,22)19-5-3-2-4-15(19)12-8-16(20)18-10-12/h6-7,9,12,15H,2-5,8,10H2,1H3,(H,18,20)/t12-,15-/m1/s1. The minimum absolute atomic E-state index is 0.000757. The maximum atomic E-state index is 13.6. The van der Waals surface area contributed by atoms with E-state index in [0.717, 1.165) is 25.3 Å². The van der Waals surface area contributed by atoms with Crippen molar-refractivity contribution >= 4 is 15.9 Å². The first-order valence-corrected chi connectivity index (χ1v) is 9.37. The van der Waals surface area contributed by atoms with Crippen LogP contribution in [0.15, 0.2) is 23.1 Å². The van der Waals surface area contributed by atoms with Gasteiger partial charge in [0, 0.05) is 31.5 Å². The van der Waals surface area contributed by atoms with E-state index >= 15 is 0 Å². The van der Waals surface area contributed by atoms with Crippen molar-refractivity contribution in [2.45, 2.75) is 43.5 Å². The molecule has 2 saturated heterocycles. The number of benzene rings is 1. The fourth-order valence-corrected chi connectivity index (χ4v) is 5.46. The molecule has 0 aliphatic carbocycles. The lowest BCUT2D eigenvalue weighted by Crippen LogP contribution is -2.48. The molecule has 5 nitrogen and oxygen atoms in total. The topological polar surface area (TPSA) is 66.5 Å². The molecule has 7 heteroatoms. The van der Waals surface area contributed by atoms with Crippen LogP contribution in [0.25, 0.3) is 0 Å². The van der Waals surface area contributed by atoms with Crippen LogP contribution < -0.4 is 5.32 Å². The fraction of sp³-hybridized carbons (Fsp3) is 0.562. The SMILES string of the molecule is Cc1cc(F)cc(S(=O)(=O)N2CCCC[C@@H]2[C@H]2CNC(=O)C2)c1. The predicted octanol–water partition coefficient (Wildman–Crippen LogP) is 1.81. The number of nitrogens with one attached hydrogen (secondary N) is 1. The van der Waals surface area contributed by atoms with Crippen molar-refractivity contribution in [1.29, 1.82) is 0 Å². The van der Waals surface area contributed by atoms with Crippen LogP contribution in [0.4, 0.5) is 4.39 Å². The number of carbonyl (C=O) groups is 1. The van der Waals surface area contributed by atoms with Crippen molar-refractivity contribution in [2.75, 3.05) is 13.1 Å². The van der Waals surface area contributed by atoms with Gasteiger partial charge in [0.25, 0.3) is 0 Å². The van der Waals surface area contributed by atoms with Gasteiger partial charge in [0.2, 0.25) is 15.9 Å². The van der Waals surface area contributed by atoms with Gasteiger partial charge in [0.15, 0.2) is 0 Å². The van der Waals surface area contributed by atoms with E-state index in [0.29, 0.717) is 25.1 Å². The Balaban J connectivity index is 1.94. The average molecular weight is 340 g/mol. The van der Waals surface area contributed by atoms with Gasteiger partial charge in [-0.1, -0.05) is 6.42 Å². The molecule has 0 unspecified atom stereocenters. The number of nitrogens with zero attached hydrogens (tertiary/aromatic N) is 1. The minimum Gasteiger partial charge on any atom is -0.356 e. The van der Waals surface area contributed by atoms with Gasteiger partial charge in [0.05, 0.1) is 4.90 Å². The fourth-order valence-electron chi connectivity index (χ4n) is 3.59. The van der Waals surface area contributed by atoms with Crippen LogP contribution in [-0.2, 0) is 14.8 Å². The summed E-state index contributed by atoms with van der Waals surface area (Å²) >= 11 is 0. The summed E-state index contributed by atoms with van der Waals surface area (Å²) in [7, 11) is -3.76. The number of halogens is 1. The molecule has 1 aromatic rings. The summed E-state index contributed by atoms with van der Waals surface area (Å²) in [6.45, 7) is 2.61. The molecule has 2 fully saturated rings. The van der Waals surface area contributed by atoms with Crippen LogP contribution in [0.5, 0.6) is 0 Å². The van der Waals surface area contributed by atoms with Gasteiger partial charge in [-0.2, -0.15) is 4.31 Å². The molecule has 3 rings (SSSR count). The normalized spacial score (nSPS) is 26.3. The van der Waals surface area contributed by atoms with Gasteiger partial charge in [-0.05, 0) is 43.5 Å². The van der Waals surface area contributed by atoms with Crippen LogP contribution in [0.3, 0.4) is 0 Å². The molecule has 1 amide bonds. The number of piperidine rings is 1. The monoisotopic (exact) mass is 340 g/mol. The van der Waals surface area contributed by atoms with Crippen LogP contribution in [0.1, 0.15) is 31.2 Å². The zero-order valence-electron chi connectivity index (χ0n) is 13.1. The molecular weight excluding hydrogens is 319 g/mol. The molecule has 0 radical (unpaired) electrons. The molecular formula is C16H21FN2O3S. The van der Waals surface area contributed by atoms with Gasteiger partial charge in [-0.15, -0.1) is 0 Å². The molecule has 126 valence electrons. The Kier molecular flexibility index (Phi) is 4.42. The largest absolute Gasteiger partial charge is 0.356 e. The Morgan fingerprint density at radius 3 is 2.70 bits per heavy atom. The van der Waals surface area contributed by atoms with Crippen molar-refractivity contribution in [2.24, 2.45) is 5.92 Å². The van der Waals surface area contributed by atoms with Crippen LogP contribution >= 0.6 is 0 Å². The Morgan fingerprint density at radius 2 is 2.04 bits per heavy atom. The van der Waals surface area contributed by atoms with Crippen LogP contribution in [-0.4, -0.2) is 37.8 Å². The highest BCUT2D eigenvalue weighted by atomic mass is 32.2. The van der Waals surface area contributed by atoms with Gasteiger partial charge in [-0.3, -0.25) is 4.79 Å². The van der Waals surface area contributed by atoms with Crippen LogP contribution in [0, 0.1) is 18.7 Å². The number of rotatable bonds is 3. The Bertz CT molecular complexity index is 700. The number of sulfonamides is 1. The van der Waals surface area contributed by atoms with E-state index in [4.69, 9.17) is 0 Å². The first-order valence-electron chi connectivity index (χ1n) is 7.93. The molecule has 2 atom stereocenters. The highest BCUT2D eigenvalue weighted by Crippen LogP contribution is 2.32. The summed E-state index contributed by atoms with van der Waals surface area (Å²) < 4.78 is 41.1. The third-order valence-corrected chi connectivity index (χ3v) is 6.58. The van der Waals surface area contributed by atoms with E-state index in [1.54, 1.807) is 6.92 Å². The highest BCUT2D eigenvalue weighted by Gasteiger charge is 2.40. The van der Waals surface area contributed by atoms with Gasteiger partial charge in [-0.25, -0.2) is 12.8 Å². The van der Waals surface area contributed by atoms with Gasteiger partial charge in [0.1, 0.15) is 5.82 Å². The van der Waals surface area contributed by atoms with E-state index in [2.05, 4.69) is 5.32 Å². The number of hydrogen-bond donors (Lipinski definition) is 1. The summed E-state index contributed by atoms with van der Waals surface area (Å²) in [5, 5.41) is 2.78. The maximum absolute atomic E-state index is 13.6. The van der Waals surface area contributed by atoms with Gasteiger partial charge >= 0.3 is 0 Å². The predicted molar refractivity (Wildman–Crippen MR) is 83.8 cm³/mol. The van der Waals surface area contributed by atoms with E-state index in [-0.39, 0.29) is 22.8 Å². The molecule has 2 heterocycles. The summed E-state index contributed by atoms with van der Waals surface area (Å²) in [6.07, 6.45) is 2.84. The van der Waals surface area contributed by atoms with Crippen molar-refractivity contribution in [3.63, 3.8) is 0 Å². The molecule has 0 aromatic heterocycles. The van der Waals surface area contributed by atoms with Crippen molar-refractivity contribution in [1.82, 2.24) is 9.62 Å². The highest BCUT2D eigenvalue weighted by molar-refractivity contribution is 7.89. The first kappa shape index (κ1) is 16.4. The summed E-state index contributed by atoms with van der Waals surface area (Å²) in [5.41, 5.74) is 0.579. The second-order valence-electron chi connectivity index (χ2n) is 6.41. The first-order chi connectivity index (χ1) is 10.9. The Morgan fingerprint density at radius 1 is 1.26 bits per heavy atom. The zero-order valence-corrected chi connectivity index (χ0v) is 13.9. The number of aryl methyl sites for hydroxylation is 1. The van der Waals surface area contributed by atoms with E-state index in [9.17, 15) is 17.6 Å². The molecule has 0 saturated carbocycles. The minimum atomic E-state index is -3.76. The molecule has 2 aliphatic heterocycles. The quantitative estimate of drug-likeness (QED) is 0.913. The number of carbonyl (C=O) groups excluding carboxylic acids is 1. The lowest BCUT2D eigenvalue weighted by Gasteiger charge is -2.37. The van der Waals surface area contributed by atoms with Crippen LogP contribution in [0.2, 0.25) is 0 Å². The lowest BCUT2D eigenvalue weighted by molar-refractivity contribution is -0.119. The number of hydrogen-bond acceptors (Lipinski definition) is 3. The zero-order chi connectivity index (χ0) is 16.6. The van der Waals surface area contributed by atoms with Gasteiger partial charge < -0.3 is 5.32 Å². The summed E-state index contributed by atoms with van der Waals surface area (Å²) in [5.74, 6) is -0.582. The number of amides is 1. The maximum Gasteiger partial charge on any atom is 0.243 e. The lowest BCUT2D eigenvalue weighted by atomic mass is 9.91. The molecule has 23 heavy (non-hydrogen) atoms. The Hall–Kier alpha value is -1.47. The second-order valence-corrected chi connectivity index (χ2v) is 8.30. The Labute approximate surface area is 135 Å². The van der Waals surface area contributed by atoms with Crippen molar-refractivity contribution in [3.8, 4) is 0 Å². The third-order valence-electron chi connectivity index (χ3n) is 4.67. The second kappa shape index (κ2) is 6.20. The summed E-state index contributed by atoms with van der Waals surface area (Å²) in [6, 6.07) is 3.69. The van der Waals surface area contributed by atoms with E-state index in [1.165, 1.54) is 16.4 Å². The van der Waals surface area contributed by atoms with Crippen molar-refractivity contribution in [3.05, 3.63) is 29.6 Å². The molecule has 0 spiro atoms. The smallest absolute Gasteiger partial charge is 0.243 e. The molecule has 1 N–H and O–H groups in total. The van der Waals surface area contributed by atoms with Crippen molar-refractivity contribution < 1.29 is 17.6 Å². The molecule has 1 aromatic carbocycles. The van der Waals surface area contributed by atoms with E-state index < -0.39 is 15.8 Å². The molecule has 2 aliphatic rings. The molecule has 0 bridgehead atoms. The average Bonchev–Trinajstić information content (AvgIpc) is 2.93.